The van der Waals surface area contributed by atoms with Crippen molar-refractivity contribution in [2.75, 3.05) is 37.1 Å². The lowest BCUT2D eigenvalue weighted by atomic mass is 10.2. The van der Waals surface area contributed by atoms with E-state index < -0.39 is 0 Å². The molecule has 0 aliphatic carbocycles. The second-order valence-corrected chi connectivity index (χ2v) is 6.89. The molecule has 8 heteroatoms. The molecule has 2 aromatic rings. The van der Waals surface area contributed by atoms with Gasteiger partial charge in [0.05, 0.1) is 17.3 Å². The van der Waals surface area contributed by atoms with Crippen molar-refractivity contribution in [3.05, 3.63) is 34.8 Å². The number of methoxy groups -OCH3 is 1. The Morgan fingerprint density at radius 3 is 3.12 bits per heavy atom. The smallest absolute Gasteiger partial charge is 0.247 e. The van der Waals surface area contributed by atoms with Crippen LogP contribution in [0.2, 0.25) is 5.02 Å². The first-order valence-corrected chi connectivity index (χ1v) is 9.33. The summed E-state index contributed by atoms with van der Waals surface area (Å²) in [5, 5.41) is 6.21. The van der Waals surface area contributed by atoms with Crippen molar-refractivity contribution in [3.63, 3.8) is 0 Å². The second-order valence-electron chi connectivity index (χ2n) is 5.61. The molecule has 1 aromatic heterocycles. The number of para-hydroxylation sites is 1. The zero-order valence-electron chi connectivity index (χ0n) is 13.9. The fourth-order valence-electron chi connectivity index (χ4n) is 2.82. The maximum absolute atomic E-state index is 12.8. The third-order valence-electron chi connectivity index (χ3n) is 3.98. The normalized spacial score (nSPS) is 16.9. The number of ether oxygens (including phenoxy) is 2. The van der Waals surface area contributed by atoms with Crippen LogP contribution in [0.3, 0.4) is 0 Å². The molecule has 1 N–H and O–H groups in total. The fraction of sp³-hybridized carbons (Fsp3) is 0.412. The minimum Gasteiger partial charge on any atom is -0.487 e. The Morgan fingerprint density at radius 2 is 2.36 bits per heavy atom. The van der Waals surface area contributed by atoms with Gasteiger partial charge in [0.15, 0.2) is 10.9 Å². The summed E-state index contributed by atoms with van der Waals surface area (Å²) in [6.07, 6.45) is 3.52. The van der Waals surface area contributed by atoms with Gasteiger partial charge < -0.3 is 19.7 Å². The maximum Gasteiger partial charge on any atom is 0.247 e. The molecular weight excluding hydrogens is 362 g/mol. The SMILES string of the molecule is COCCOc1c(Cl)cccc1NC(=O)C1CCCN1c1nccs1. The predicted octanol–water partition coefficient (Wildman–Crippen LogP) is 3.43. The second kappa shape index (κ2) is 8.51. The highest BCUT2D eigenvalue weighted by Crippen LogP contribution is 2.34. The lowest BCUT2D eigenvalue weighted by Gasteiger charge is -2.23. The summed E-state index contributed by atoms with van der Waals surface area (Å²) in [4.78, 5) is 19.2. The number of thiazole rings is 1. The Morgan fingerprint density at radius 1 is 1.48 bits per heavy atom. The van der Waals surface area contributed by atoms with Crippen LogP contribution in [0.4, 0.5) is 10.8 Å². The highest BCUT2D eigenvalue weighted by Gasteiger charge is 2.32. The van der Waals surface area contributed by atoms with Crippen LogP contribution in [0.1, 0.15) is 12.8 Å². The molecule has 0 radical (unpaired) electrons. The van der Waals surface area contributed by atoms with E-state index in [2.05, 4.69) is 15.2 Å². The molecule has 134 valence electrons. The Balaban J connectivity index is 1.73. The summed E-state index contributed by atoms with van der Waals surface area (Å²) in [5.41, 5.74) is 0.569. The third-order valence-corrected chi connectivity index (χ3v) is 5.09. The van der Waals surface area contributed by atoms with Crippen LogP contribution >= 0.6 is 22.9 Å². The number of carbonyl (C=O) groups excluding carboxylic acids is 1. The largest absolute Gasteiger partial charge is 0.487 e. The van der Waals surface area contributed by atoms with Gasteiger partial charge in [-0.05, 0) is 25.0 Å². The summed E-state index contributed by atoms with van der Waals surface area (Å²) in [7, 11) is 1.60. The first-order valence-electron chi connectivity index (χ1n) is 8.08. The van der Waals surface area contributed by atoms with Gasteiger partial charge in [0.25, 0.3) is 0 Å². The molecule has 0 saturated carbocycles. The van der Waals surface area contributed by atoms with E-state index in [1.165, 1.54) is 0 Å². The van der Waals surface area contributed by atoms with E-state index >= 15 is 0 Å². The van der Waals surface area contributed by atoms with Crippen LogP contribution in [0.5, 0.6) is 5.75 Å². The first-order chi connectivity index (χ1) is 12.2. The molecule has 1 atom stereocenters. The standard InChI is InChI=1S/C17H20ClN3O3S/c1-23-9-10-24-15-12(18)4-2-5-13(15)20-16(22)14-6-3-8-21(14)17-19-7-11-25-17/h2,4-5,7,11,14H,3,6,8-10H2,1H3,(H,20,22). The highest BCUT2D eigenvalue weighted by molar-refractivity contribution is 7.13. The van der Waals surface area contributed by atoms with E-state index in [0.717, 1.165) is 24.5 Å². The number of halogens is 1. The van der Waals surface area contributed by atoms with Crippen LogP contribution < -0.4 is 15.0 Å². The number of carbonyl (C=O) groups is 1. The molecule has 1 unspecified atom stereocenters. The van der Waals surface area contributed by atoms with Crippen LogP contribution in [0.25, 0.3) is 0 Å². The lowest BCUT2D eigenvalue weighted by molar-refractivity contribution is -0.117. The Labute approximate surface area is 155 Å². The van der Waals surface area contributed by atoms with Crippen molar-refractivity contribution in [1.29, 1.82) is 0 Å². The average molecular weight is 382 g/mol. The van der Waals surface area contributed by atoms with Crippen molar-refractivity contribution < 1.29 is 14.3 Å². The summed E-state index contributed by atoms with van der Waals surface area (Å²) < 4.78 is 10.7. The third kappa shape index (κ3) is 4.23. The van der Waals surface area contributed by atoms with Crippen molar-refractivity contribution >= 4 is 39.7 Å². The monoisotopic (exact) mass is 381 g/mol. The van der Waals surface area contributed by atoms with Crippen LogP contribution in [0.15, 0.2) is 29.8 Å². The van der Waals surface area contributed by atoms with Crippen molar-refractivity contribution in [3.8, 4) is 5.75 Å². The van der Waals surface area contributed by atoms with Gasteiger partial charge in [-0.1, -0.05) is 17.7 Å². The number of hydrogen-bond donors (Lipinski definition) is 1. The molecule has 1 aromatic carbocycles. The Hall–Kier alpha value is -1.83. The summed E-state index contributed by atoms with van der Waals surface area (Å²) in [6, 6.07) is 5.07. The topological polar surface area (TPSA) is 63.7 Å². The molecule has 0 spiro atoms. The molecule has 6 nitrogen and oxygen atoms in total. The number of hydrogen-bond acceptors (Lipinski definition) is 6. The van der Waals surface area contributed by atoms with E-state index in [4.69, 9.17) is 21.1 Å². The van der Waals surface area contributed by atoms with Gasteiger partial charge >= 0.3 is 0 Å². The molecule has 1 aliphatic heterocycles. The van der Waals surface area contributed by atoms with Gasteiger partial charge in [0.1, 0.15) is 12.6 Å². The Kier molecular flexibility index (Phi) is 6.12. The van der Waals surface area contributed by atoms with E-state index in [1.807, 2.05) is 5.38 Å². The van der Waals surface area contributed by atoms with Gasteiger partial charge in [-0.25, -0.2) is 4.98 Å². The highest BCUT2D eigenvalue weighted by atomic mass is 35.5. The summed E-state index contributed by atoms with van der Waals surface area (Å²) in [6.45, 7) is 1.63. The minimum atomic E-state index is -0.239. The predicted molar refractivity (Wildman–Crippen MR) is 99.9 cm³/mol. The molecule has 1 saturated heterocycles. The quantitative estimate of drug-likeness (QED) is 0.744. The van der Waals surface area contributed by atoms with E-state index in [1.54, 1.807) is 42.8 Å². The van der Waals surface area contributed by atoms with Crippen molar-refractivity contribution in [1.82, 2.24) is 4.98 Å². The molecule has 1 fully saturated rings. The minimum absolute atomic E-state index is 0.0773. The average Bonchev–Trinajstić information content (AvgIpc) is 3.28. The number of rotatable bonds is 7. The van der Waals surface area contributed by atoms with Gasteiger partial charge in [-0.2, -0.15) is 0 Å². The molecule has 25 heavy (non-hydrogen) atoms. The number of aromatic nitrogens is 1. The van der Waals surface area contributed by atoms with Gasteiger partial charge in [0.2, 0.25) is 5.91 Å². The van der Waals surface area contributed by atoms with Gasteiger partial charge in [-0.3, -0.25) is 4.79 Å². The van der Waals surface area contributed by atoms with Gasteiger partial charge in [0, 0.05) is 25.2 Å². The fourth-order valence-corrected chi connectivity index (χ4v) is 3.77. The molecule has 1 aliphatic rings. The number of nitrogens with one attached hydrogen (secondary N) is 1. The zero-order valence-corrected chi connectivity index (χ0v) is 15.5. The van der Waals surface area contributed by atoms with E-state index in [9.17, 15) is 4.79 Å². The van der Waals surface area contributed by atoms with E-state index in [0.29, 0.717) is 29.7 Å². The first kappa shape index (κ1) is 18.0. The molecule has 3 rings (SSSR count). The maximum atomic E-state index is 12.8. The zero-order chi connectivity index (χ0) is 17.6. The van der Waals surface area contributed by atoms with E-state index in [-0.39, 0.29) is 11.9 Å². The Bertz CT molecular complexity index is 711. The van der Waals surface area contributed by atoms with Crippen molar-refractivity contribution in [2.45, 2.75) is 18.9 Å². The molecule has 1 amide bonds. The number of benzene rings is 1. The molecular formula is C17H20ClN3O3S. The van der Waals surface area contributed by atoms with Gasteiger partial charge in [-0.15, -0.1) is 11.3 Å². The summed E-state index contributed by atoms with van der Waals surface area (Å²) in [5.74, 6) is 0.389. The number of amides is 1. The summed E-state index contributed by atoms with van der Waals surface area (Å²) >= 11 is 7.77. The molecule has 0 bridgehead atoms. The van der Waals surface area contributed by atoms with Crippen LogP contribution in [-0.2, 0) is 9.53 Å². The molecule has 2 heterocycles. The number of nitrogens with zero attached hydrogens (tertiary/aromatic N) is 2. The number of anilines is 2. The van der Waals surface area contributed by atoms with Crippen LogP contribution in [-0.4, -0.2) is 43.8 Å². The van der Waals surface area contributed by atoms with Crippen LogP contribution in [0, 0.1) is 0 Å². The van der Waals surface area contributed by atoms with Crippen molar-refractivity contribution in [2.24, 2.45) is 0 Å². The lowest BCUT2D eigenvalue weighted by Crippen LogP contribution is -2.39.